The minimum Gasteiger partial charge on any atom is -0.276 e. The van der Waals surface area contributed by atoms with Crippen molar-refractivity contribution < 1.29 is 0 Å². The van der Waals surface area contributed by atoms with Crippen molar-refractivity contribution in [3.05, 3.63) is 49.2 Å². The number of aromatic amines is 1. The van der Waals surface area contributed by atoms with Gasteiger partial charge in [0, 0.05) is 24.2 Å². The zero-order chi connectivity index (χ0) is 13.4. The molecule has 7 heteroatoms. The Morgan fingerprint density at radius 1 is 1.05 bits per heavy atom. The zero-order valence-corrected chi connectivity index (χ0v) is 10.3. The lowest BCUT2D eigenvalue weighted by Gasteiger charge is -2.06. The summed E-state index contributed by atoms with van der Waals surface area (Å²) in [6.45, 7) is 0. The second-order valence-electron chi connectivity index (χ2n) is 4.20. The first kappa shape index (κ1) is 10.8. The summed E-state index contributed by atoms with van der Waals surface area (Å²) in [4.78, 5) is 12.7. The van der Waals surface area contributed by atoms with Crippen molar-refractivity contribution in [2.75, 3.05) is 0 Å². The van der Waals surface area contributed by atoms with Crippen LogP contribution in [0.4, 0.5) is 0 Å². The van der Waals surface area contributed by atoms with Crippen LogP contribution >= 0.6 is 0 Å². The van der Waals surface area contributed by atoms with Gasteiger partial charge in [-0.05, 0) is 24.3 Å². The molecule has 0 bridgehead atoms. The van der Waals surface area contributed by atoms with Crippen LogP contribution in [0.3, 0.4) is 0 Å². The van der Waals surface area contributed by atoms with Crippen molar-refractivity contribution in [2.24, 2.45) is 0 Å². The van der Waals surface area contributed by atoms with E-state index in [0.717, 1.165) is 22.6 Å². The predicted octanol–water partition coefficient (Wildman–Crippen LogP) is 1.58. The second-order valence-corrected chi connectivity index (χ2v) is 4.20. The fraction of sp³-hybridized carbons (Fsp3) is 0. The van der Waals surface area contributed by atoms with Gasteiger partial charge < -0.3 is 0 Å². The number of rotatable bonds is 2. The number of hydrogen-bond donors (Lipinski definition) is 1. The van der Waals surface area contributed by atoms with Gasteiger partial charge in [0.15, 0.2) is 0 Å². The van der Waals surface area contributed by atoms with Crippen LogP contribution in [0, 0.1) is 0 Å². The summed E-state index contributed by atoms with van der Waals surface area (Å²) in [5.74, 6) is 0.545. The number of nitrogens with zero attached hydrogens (tertiary/aromatic N) is 6. The van der Waals surface area contributed by atoms with Gasteiger partial charge in [0.05, 0.1) is 17.1 Å². The number of H-pyrrole nitrogens is 1. The summed E-state index contributed by atoms with van der Waals surface area (Å²) in [5, 5.41) is 11.1. The molecule has 96 valence electrons. The highest BCUT2D eigenvalue weighted by atomic mass is 15.3. The van der Waals surface area contributed by atoms with Gasteiger partial charge in [0.1, 0.15) is 6.33 Å². The van der Waals surface area contributed by atoms with Gasteiger partial charge in [0.2, 0.25) is 0 Å². The lowest BCUT2D eigenvalue weighted by molar-refractivity contribution is 0.946. The molecule has 0 aliphatic rings. The Morgan fingerprint density at radius 3 is 2.75 bits per heavy atom. The van der Waals surface area contributed by atoms with Gasteiger partial charge >= 0.3 is 0 Å². The van der Waals surface area contributed by atoms with Crippen molar-refractivity contribution in [3.8, 4) is 22.6 Å². The first-order valence-corrected chi connectivity index (χ1v) is 6.03. The van der Waals surface area contributed by atoms with E-state index < -0.39 is 0 Å². The van der Waals surface area contributed by atoms with Crippen LogP contribution in [-0.4, -0.2) is 34.8 Å². The van der Waals surface area contributed by atoms with Gasteiger partial charge in [-0.2, -0.15) is 19.7 Å². The molecule has 0 atom stereocenters. The molecule has 4 aromatic rings. The van der Waals surface area contributed by atoms with E-state index in [1.807, 2.05) is 24.3 Å². The van der Waals surface area contributed by atoms with E-state index >= 15 is 0 Å². The summed E-state index contributed by atoms with van der Waals surface area (Å²) in [5.41, 5.74) is 3.51. The van der Waals surface area contributed by atoms with Crippen LogP contribution in [0.2, 0.25) is 0 Å². The molecule has 0 fully saturated rings. The highest BCUT2D eigenvalue weighted by molar-refractivity contribution is 5.68. The van der Waals surface area contributed by atoms with E-state index in [0.29, 0.717) is 5.78 Å². The fourth-order valence-corrected chi connectivity index (χ4v) is 2.08. The van der Waals surface area contributed by atoms with E-state index in [1.54, 1.807) is 23.1 Å². The van der Waals surface area contributed by atoms with Gasteiger partial charge in [0.25, 0.3) is 5.78 Å². The third-order valence-corrected chi connectivity index (χ3v) is 3.00. The normalized spacial score (nSPS) is 11.0. The van der Waals surface area contributed by atoms with Crippen LogP contribution in [0.5, 0.6) is 0 Å². The molecule has 7 nitrogen and oxygen atoms in total. The first-order valence-electron chi connectivity index (χ1n) is 6.03. The molecule has 0 aromatic carbocycles. The molecule has 0 amide bonds. The van der Waals surface area contributed by atoms with Crippen molar-refractivity contribution in [1.82, 2.24) is 34.8 Å². The van der Waals surface area contributed by atoms with Gasteiger partial charge in [-0.1, -0.05) is 0 Å². The van der Waals surface area contributed by atoms with Crippen LogP contribution in [-0.2, 0) is 0 Å². The molecule has 1 N–H and O–H groups in total. The lowest BCUT2D eigenvalue weighted by atomic mass is 10.1. The number of aromatic nitrogens is 7. The van der Waals surface area contributed by atoms with E-state index in [-0.39, 0.29) is 0 Å². The minimum atomic E-state index is 0.545. The number of pyridine rings is 1. The largest absolute Gasteiger partial charge is 0.276 e. The van der Waals surface area contributed by atoms with E-state index in [1.165, 1.54) is 6.33 Å². The number of nitrogens with one attached hydrogen (secondary N) is 1. The average molecular weight is 263 g/mol. The maximum Gasteiger partial charge on any atom is 0.253 e. The molecule has 0 saturated heterocycles. The Labute approximate surface area is 113 Å². The average Bonchev–Trinajstić information content (AvgIpc) is 3.18. The summed E-state index contributed by atoms with van der Waals surface area (Å²) in [6, 6.07) is 7.66. The third-order valence-electron chi connectivity index (χ3n) is 3.00. The van der Waals surface area contributed by atoms with E-state index in [9.17, 15) is 0 Å². The van der Waals surface area contributed by atoms with Crippen molar-refractivity contribution in [3.63, 3.8) is 0 Å². The molecule has 4 heterocycles. The molecule has 0 unspecified atom stereocenters. The molecule has 0 radical (unpaired) electrons. The quantitative estimate of drug-likeness (QED) is 0.593. The van der Waals surface area contributed by atoms with Gasteiger partial charge in [-0.3, -0.25) is 10.1 Å². The Hall–Kier alpha value is -3.09. The number of fused-ring (bicyclic) bond motifs is 1. The molecule has 4 rings (SSSR count). The van der Waals surface area contributed by atoms with Crippen molar-refractivity contribution in [1.29, 1.82) is 0 Å². The highest BCUT2D eigenvalue weighted by Crippen LogP contribution is 2.23. The SMILES string of the molecule is c1cc(-c2cc(-c3ccn[nH]3)nc3ncnn23)ccn1. The van der Waals surface area contributed by atoms with Crippen molar-refractivity contribution >= 4 is 5.78 Å². The maximum atomic E-state index is 4.47. The second kappa shape index (κ2) is 4.23. The van der Waals surface area contributed by atoms with E-state index in [2.05, 4.69) is 30.2 Å². The van der Waals surface area contributed by atoms with E-state index in [4.69, 9.17) is 0 Å². The summed E-state index contributed by atoms with van der Waals surface area (Å²) < 4.78 is 1.70. The Bertz CT molecular complexity index is 849. The standard InChI is InChI=1S/C13H9N7/c1-4-14-5-2-9(1)12-7-11(10-3-6-16-19-10)18-13-15-8-17-20(12)13/h1-8H,(H,16,19). The molecular weight excluding hydrogens is 254 g/mol. The summed E-state index contributed by atoms with van der Waals surface area (Å²) in [7, 11) is 0. The molecule has 0 saturated carbocycles. The monoisotopic (exact) mass is 263 g/mol. The van der Waals surface area contributed by atoms with Crippen LogP contribution in [0.25, 0.3) is 28.4 Å². The van der Waals surface area contributed by atoms with Crippen LogP contribution < -0.4 is 0 Å². The lowest BCUT2D eigenvalue weighted by Crippen LogP contribution is -1.99. The fourth-order valence-electron chi connectivity index (χ4n) is 2.08. The Balaban J connectivity index is 2.01. The predicted molar refractivity (Wildman–Crippen MR) is 71.6 cm³/mol. The van der Waals surface area contributed by atoms with Gasteiger partial charge in [-0.15, -0.1) is 0 Å². The van der Waals surface area contributed by atoms with Crippen LogP contribution in [0.1, 0.15) is 0 Å². The van der Waals surface area contributed by atoms with Crippen LogP contribution in [0.15, 0.2) is 49.2 Å². The Kier molecular flexibility index (Phi) is 2.28. The van der Waals surface area contributed by atoms with Crippen molar-refractivity contribution in [2.45, 2.75) is 0 Å². The molecule has 4 aromatic heterocycles. The molecule has 0 spiro atoms. The highest BCUT2D eigenvalue weighted by Gasteiger charge is 2.11. The third kappa shape index (κ3) is 1.64. The minimum absolute atomic E-state index is 0.545. The number of hydrogen-bond acceptors (Lipinski definition) is 5. The van der Waals surface area contributed by atoms with Gasteiger partial charge in [-0.25, -0.2) is 4.98 Å². The zero-order valence-electron chi connectivity index (χ0n) is 10.3. The summed E-state index contributed by atoms with van der Waals surface area (Å²) >= 11 is 0. The summed E-state index contributed by atoms with van der Waals surface area (Å²) in [6.07, 6.45) is 6.67. The molecular formula is C13H9N7. The first-order chi connectivity index (χ1) is 9.92. The Morgan fingerprint density at radius 2 is 1.95 bits per heavy atom. The topological polar surface area (TPSA) is 84.6 Å². The molecule has 20 heavy (non-hydrogen) atoms. The molecule has 0 aliphatic carbocycles. The maximum absolute atomic E-state index is 4.47. The smallest absolute Gasteiger partial charge is 0.253 e. The molecule has 0 aliphatic heterocycles.